The molecule has 1 rings (SSSR count). The van der Waals surface area contributed by atoms with E-state index in [0.717, 1.165) is 12.1 Å². The Morgan fingerprint density at radius 3 is 2.35 bits per heavy atom. The molecular formula is C14H22N2S. The summed E-state index contributed by atoms with van der Waals surface area (Å²) in [6, 6.07) is 6.78. The third-order valence-corrected chi connectivity index (χ3v) is 2.80. The molecule has 0 aliphatic carbocycles. The van der Waals surface area contributed by atoms with Gasteiger partial charge >= 0.3 is 0 Å². The summed E-state index contributed by atoms with van der Waals surface area (Å²) in [6.07, 6.45) is 2.30. The van der Waals surface area contributed by atoms with E-state index in [1.54, 1.807) is 0 Å². The third-order valence-electron chi connectivity index (χ3n) is 2.58. The van der Waals surface area contributed by atoms with E-state index in [1.165, 1.54) is 17.5 Å². The average Bonchev–Trinajstić information content (AvgIpc) is 2.14. The second kappa shape index (κ2) is 6.60. The largest absolute Gasteiger partial charge is 0.360 e. The lowest BCUT2D eigenvalue weighted by molar-refractivity contribution is 0.599. The molecule has 0 unspecified atom stereocenters. The van der Waals surface area contributed by atoms with Gasteiger partial charge in [0.2, 0.25) is 0 Å². The lowest BCUT2D eigenvalue weighted by atomic mass is 10.1. The van der Waals surface area contributed by atoms with Gasteiger partial charge in [-0.2, -0.15) is 0 Å². The van der Waals surface area contributed by atoms with Gasteiger partial charge in [-0.25, -0.2) is 0 Å². The van der Waals surface area contributed by atoms with Crippen LogP contribution in [-0.2, 0) is 0 Å². The lowest BCUT2D eigenvalue weighted by Crippen LogP contribution is -2.35. The Morgan fingerprint density at radius 1 is 1.24 bits per heavy atom. The van der Waals surface area contributed by atoms with Crippen molar-refractivity contribution < 1.29 is 0 Å². The Labute approximate surface area is 110 Å². The molecule has 0 bridgehead atoms. The lowest BCUT2D eigenvalue weighted by Gasteiger charge is -2.16. The van der Waals surface area contributed by atoms with Gasteiger partial charge < -0.3 is 10.6 Å². The number of rotatable bonds is 4. The van der Waals surface area contributed by atoms with E-state index in [4.69, 9.17) is 12.2 Å². The van der Waals surface area contributed by atoms with Crippen LogP contribution in [0.1, 0.15) is 37.8 Å². The molecule has 0 fully saturated rings. The van der Waals surface area contributed by atoms with Crippen molar-refractivity contribution >= 4 is 23.0 Å². The second-order valence-electron chi connectivity index (χ2n) is 4.66. The van der Waals surface area contributed by atoms with E-state index in [9.17, 15) is 0 Å². The number of anilines is 1. The van der Waals surface area contributed by atoms with Crippen LogP contribution >= 0.6 is 12.2 Å². The maximum atomic E-state index is 5.29. The van der Waals surface area contributed by atoms with Gasteiger partial charge in [-0.1, -0.05) is 19.4 Å². The van der Waals surface area contributed by atoms with Crippen molar-refractivity contribution in [1.29, 1.82) is 0 Å². The molecule has 2 N–H and O–H groups in total. The first-order valence-corrected chi connectivity index (χ1v) is 6.58. The fourth-order valence-corrected chi connectivity index (χ4v) is 2.26. The predicted molar refractivity (Wildman–Crippen MR) is 79.6 cm³/mol. The highest BCUT2D eigenvalue weighted by molar-refractivity contribution is 7.80. The topological polar surface area (TPSA) is 24.1 Å². The number of benzene rings is 1. The molecule has 1 aromatic rings. The summed E-state index contributed by atoms with van der Waals surface area (Å²) in [6.45, 7) is 8.51. The van der Waals surface area contributed by atoms with Gasteiger partial charge in [0.05, 0.1) is 0 Å². The molecule has 0 saturated heterocycles. The summed E-state index contributed by atoms with van der Waals surface area (Å²) in [5.74, 6) is 0. The molecule has 94 valence electrons. The van der Waals surface area contributed by atoms with Crippen molar-refractivity contribution in [3.8, 4) is 0 Å². The molecule has 1 atom stereocenters. The van der Waals surface area contributed by atoms with Gasteiger partial charge in [0.1, 0.15) is 0 Å². The van der Waals surface area contributed by atoms with Crippen LogP contribution in [-0.4, -0.2) is 11.2 Å². The van der Waals surface area contributed by atoms with Crippen molar-refractivity contribution in [1.82, 2.24) is 5.32 Å². The smallest absolute Gasteiger partial charge is 0.170 e. The fourth-order valence-electron chi connectivity index (χ4n) is 1.94. The Kier molecular flexibility index (Phi) is 5.42. The standard InChI is InChI=1S/C14H22N2S/c1-5-6-12(4)15-14(17)16-13-8-10(2)7-11(3)9-13/h7-9,12H,5-6H2,1-4H3,(H2,15,16,17)/t12-/m0/s1. The zero-order valence-corrected chi connectivity index (χ0v) is 11.9. The summed E-state index contributed by atoms with van der Waals surface area (Å²) < 4.78 is 0. The highest BCUT2D eigenvalue weighted by atomic mass is 32.1. The third kappa shape index (κ3) is 5.18. The summed E-state index contributed by atoms with van der Waals surface area (Å²) in [4.78, 5) is 0. The molecule has 2 nitrogen and oxygen atoms in total. The summed E-state index contributed by atoms with van der Waals surface area (Å²) in [5.41, 5.74) is 3.55. The van der Waals surface area contributed by atoms with Crippen LogP contribution in [0.4, 0.5) is 5.69 Å². The van der Waals surface area contributed by atoms with Crippen molar-refractivity contribution in [3.63, 3.8) is 0 Å². The number of thiocarbonyl (C=S) groups is 1. The minimum Gasteiger partial charge on any atom is -0.360 e. The Hall–Kier alpha value is -1.09. The number of nitrogens with one attached hydrogen (secondary N) is 2. The quantitative estimate of drug-likeness (QED) is 0.795. The Bertz CT molecular complexity index is 368. The monoisotopic (exact) mass is 250 g/mol. The molecule has 0 aliphatic heterocycles. The first-order chi connectivity index (χ1) is 8.01. The van der Waals surface area contributed by atoms with Gasteiger partial charge in [-0.05, 0) is 62.7 Å². The van der Waals surface area contributed by atoms with Gasteiger partial charge in [0, 0.05) is 11.7 Å². The molecule has 0 aromatic heterocycles. The van der Waals surface area contributed by atoms with Crippen LogP contribution in [0.15, 0.2) is 18.2 Å². The van der Waals surface area contributed by atoms with Crippen molar-refractivity contribution in [2.24, 2.45) is 0 Å². The van der Waals surface area contributed by atoms with E-state index in [1.807, 2.05) is 0 Å². The van der Waals surface area contributed by atoms with E-state index >= 15 is 0 Å². The Morgan fingerprint density at radius 2 is 1.82 bits per heavy atom. The highest BCUT2D eigenvalue weighted by Gasteiger charge is 2.03. The molecule has 0 saturated carbocycles. The van der Waals surface area contributed by atoms with Gasteiger partial charge in [0.15, 0.2) is 5.11 Å². The van der Waals surface area contributed by atoms with Crippen LogP contribution < -0.4 is 10.6 Å². The summed E-state index contributed by atoms with van der Waals surface area (Å²) in [5, 5.41) is 7.23. The summed E-state index contributed by atoms with van der Waals surface area (Å²) in [7, 11) is 0. The van der Waals surface area contributed by atoms with Crippen LogP contribution in [0, 0.1) is 13.8 Å². The van der Waals surface area contributed by atoms with E-state index in [0.29, 0.717) is 11.2 Å². The molecule has 0 radical (unpaired) electrons. The molecule has 0 spiro atoms. The minimum atomic E-state index is 0.422. The number of aryl methyl sites for hydroxylation is 2. The fraction of sp³-hybridized carbons (Fsp3) is 0.500. The minimum absolute atomic E-state index is 0.422. The van der Waals surface area contributed by atoms with Gasteiger partial charge in [-0.3, -0.25) is 0 Å². The number of hydrogen-bond acceptors (Lipinski definition) is 1. The van der Waals surface area contributed by atoms with Gasteiger partial charge in [0.25, 0.3) is 0 Å². The zero-order chi connectivity index (χ0) is 12.8. The van der Waals surface area contributed by atoms with Crippen molar-refractivity contribution in [2.45, 2.75) is 46.6 Å². The predicted octanol–water partition coefficient (Wildman–Crippen LogP) is 3.78. The van der Waals surface area contributed by atoms with Crippen LogP contribution in [0.3, 0.4) is 0 Å². The molecule has 0 aliphatic rings. The second-order valence-corrected chi connectivity index (χ2v) is 5.07. The van der Waals surface area contributed by atoms with Gasteiger partial charge in [-0.15, -0.1) is 0 Å². The van der Waals surface area contributed by atoms with Crippen LogP contribution in [0.2, 0.25) is 0 Å². The normalized spacial score (nSPS) is 12.0. The number of hydrogen-bond donors (Lipinski definition) is 2. The maximum Gasteiger partial charge on any atom is 0.170 e. The highest BCUT2D eigenvalue weighted by Crippen LogP contribution is 2.13. The van der Waals surface area contributed by atoms with E-state index in [-0.39, 0.29) is 0 Å². The van der Waals surface area contributed by atoms with Crippen LogP contribution in [0.25, 0.3) is 0 Å². The molecule has 3 heteroatoms. The Balaban J connectivity index is 2.56. The molecule has 0 heterocycles. The van der Waals surface area contributed by atoms with E-state index < -0.39 is 0 Å². The molecular weight excluding hydrogens is 228 g/mol. The van der Waals surface area contributed by atoms with E-state index in [2.05, 4.69) is 56.5 Å². The van der Waals surface area contributed by atoms with Crippen molar-refractivity contribution in [2.75, 3.05) is 5.32 Å². The van der Waals surface area contributed by atoms with Crippen LogP contribution in [0.5, 0.6) is 0 Å². The average molecular weight is 250 g/mol. The molecule has 17 heavy (non-hydrogen) atoms. The molecule has 1 aromatic carbocycles. The zero-order valence-electron chi connectivity index (χ0n) is 11.1. The SMILES string of the molecule is CCC[C@H](C)NC(=S)Nc1cc(C)cc(C)c1. The first-order valence-electron chi connectivity index (χ1n) is 6.17. The first kappa shape index (κ1) is 14.0. The maximum absolute atomic E-state index is 5.29. The molecule has 0 amide bonds. The summed E-state index contributed by atoms with van der Waals surface area (Å²) >= 11 is 5.29. The van der Waals surface area contributed by atoms with Crippen molar-refractivity contribution in [3.05, 3.63) is 29.3 Å².